The van der Waals surface area contributed by atoms with Crippen LogP contribution in [0, 0.1) is 0 Å². The van der Waals surface area contributed by atoms with E-state index in [0.29, 0.717) is 16.9 Å². The second-order valence-electron chi connectivity index (χ2n) is 8.70. The third-order valence-corrected chi connectivity index (χ3v) is 9.54. The average molecular weight is 1050 g/mol. The summed E-state index contributed by atoms with van der Waals surface area (Å²) in [6.45, 7) is 9.42. The Hall–Kier alpha value is 0.914. The number of halogens is 3. The number of benzene rings is 2. The number of hydrogen-bond donors (Lipinski definition) is 1. The van der Waals surface area contributed by atoms with E-state index in [-0.39, 0.29) is 196 Å². The van der Waals surface area contributed by atoms with Gasteiger partial charge in [-0.2, -0.15) is 21.6 Å². The van der Waals surface area contributed by atoms with Crippen LogP contribution in [0.2, 0.25) is 0 Å². The van der Waals surface area contributed by atoms with Crippen LogP contribution in [-0.2, 0) is 51.2 Å². The van der Waals surface area contributed by atoms with E-state index in [4.69, 9.17) is 28.9 Å². The number of ether oxygens (including phenoxy) is 1. The molecule has 0 atom stereocenters. The first-order valence-electron chi connectivity index (χ1n) is 14.2. The Morgan fingerprint density at radius 3 is 1.52 bits per heavy atom. The Morgan fingerprint density at radius 2 is 1.19 bits per heavy atom. The zero-order valence-corrected chi connectivity index (χ0v) is 45.1. The molecule has 0 aliphatic heterocycles. The van der Waals surface area contributed by atoms with E-state index in [1.807, 2.05) is 0 Å². The van der Waals surface area contributed by atoms with Crippen LogP contribution in [0.5, 0.6) is 11.5 Å². The number of alkyl halides is 3. The quantitative estimate of drug-likeness (QED) is 0.0409. The van der Waals surface area contributed by atoms with Gasteiger partial charge in [-0.25, -0.2) is 0 Å². The molecule has 1 N–H and O–H groups in total. The minimum absolute atomic E-state index is 0. The van der Waals surface area contributed by atoms with Crippen LogP contribution in [-0.4, -0.2) is 76.2 Å². The van der Waals surface area contributed by atoms with Gasteiger partial charge in [0.2, 0.25) is 0 Å². The van der Waals surface area contributed by atoms with Crippen LogP contribution in [0.4, 0.5) is 13.2 Å². The van der Waals surface area contributed by atoms with Crippen molar-refractivity contribution in [3.05, 3.63) is 59.7 Å². The molecular formula is C28H41Cs2F3O16P2S. The van der Waals surface area contributed by atoms with Crippen LogP contribution in [0.15, 0.2) is 48.5 Å². The van der Waals surface area contributed by atoms with Gasteiger partial charge in [-0.1, -0.05) is 24.3 Å². The van der Waals surface area contributed by atoms with E-state index in [0.717, 1.165) is 0 Å². The number of carbonyl (C=O) groups excluding carboxylic acids is 3. The van der Waals surface area contributed by atoms with E-state index < -0.39 is 37.2 Å². The van der Waals surface area contributed by atoms with Crippen molar-refractivity contribution in [2.45, 2.75) is 47.1 Å². The molecule has 0 amide bonds. The molecule has 0 heterocycles. The normalized spacial score (nSPS) is 10.9. The second-order valence-corrected chi connectivity index (χ2v) is 14.3. The number of phenols is 1. The summed E-state index contributed by atoms with van der Waals surface area (Å²) in [5, 5.41) is 17.3. The Morgan fingerprint density at radius 1 is 0.808 bits per heavy atom. The summed E-state index contributed by atoms with van der Waals surface area (Å²) < 4.78 is 109. The maximum absolute atomic E-state index is 12.2. The zero-order valence-electron chi connectivity index (χ0n) is 30.9. The molecule has 0 saturated carbocycles. The van der Waals surface area contributed by atoms with E-state index in [1.165, 1.54) is 39.8 Å². The Labute approximate surface area is 419 Å². The molecule has 16 nitrogen and oxygen atoms in total. The van der Waals surface area contributed by atoms with Crippen molar-refractivity contribution in [3.8, 4) is 11.5 Å². The topological polar surface area (TPSA) is 227 Å². The van der Waals surface area contributed by atoms with E-state index in [1.54, 1.807) is 50.2 Å². The third-order valence-electron chi connectivity index (χ3n) is 4.87. The van der Waals surface area contributed by atoms with Crippen molar-refractivity contribution >= 4 is 43.3 Å². The van der Waals surface area contributed by atoms with Crippen molar-refractivity contribution in [1.29, 1.82) is 0 Å². The number of Topliss-reactive ketones (excluding diaryl/α,β-unsaturated/α-hetero) is 2. The summed E-state index contributed by atoms with van der Waals surface area (Å²) in [5.41, 5.74) is -4.49. The molecule has 0 bridgehead atoms. The van der Waals surface area contributed by atoms with Crippen LogP contribution >= 0.6 is 15.2 Å². The van der Waals surface area contributed by atoms with E-state index >= 15 is 0 Å². The first kappa shape index (κ1) is 59.6. The Kier molecular flexibility index (Phi) is 36.6. The first-order valence-corrected chi connectivity index (χ1v) is 19.0. The molecule has 2 aromatic rings. The third kappa shape index (κ3) is 27.5. The molecule has 0 aromatic heterocycles. The summed E-state index contributed by atoms with van der Waals surface area (Å²) in [6.07, 6.45) is -1.48. The number of rotatable bonds is 17. The van der Waals surface area contributed by atoms with Gasteiger partial charge in [0, 0.05) is 11.1 Å². The first-order chi connectivity index (χ1) is 23.2. The predicted octanol–water partition coefficient (Wildman–Crippen LogP) is -0.282. The summed E-state index contributed by atoms with van der Waals surface area (Å²) in [7, 11) is -13.0. The molecule has 0 saturated heterocycles. The molecule has 52 heavy (non-hydrogen) atoms. The van der Waals surface area contributed by atoms with Crippen molar-refractivity contribution in [3.63, 3.8) is 0 Å². The average Bonchev–Trinajstić information content (AvgIpc) is 3.04. The van der Waals surface area contributed by atoms with Gasteiger partial charge >= 0.3 is 169 Å². The fraction of sp³-hybridized carbons (Fsp3) is 0.464. The second kappa shape index (κ2) is 31.9. The van der Waals surface area contributed by atoms with Crippen LogP contribution in [0.25, 0.3) is 0 Å². The fourth-order valence-corrected chi connectivity index (χ4v) is 6.43. The van der Waals surface area contributed by atoms with Crippen molar-refractivity contribution in [2.75, 3.05) is 39.1 Å². The molecule has 0 aliphatic rings. The monoisotopic (exact) mass is 1050 g/mol. The standard InChI is InChI=1S/C13H19O5P.C8H8O2.C6H12F3O6PS.CH2O3.2Cs.H/c1-4-17-19(15,18-5-2)10-16-13-8-6-7-12(9-13)11(3)14;1-6(9)7-3-2-4-8(10)5-7;1-3-13-16(10,14-4-2)5-15-17(11,12)6(7,8)9;2-1-4-3;;;/h6-9H,4-5,10H2,1-3H3;2-5,10H,1H3;3-5H2,1-2H3;1,3H;;;/q;;;;2*+1;-1/p-1. The number of aromatic hydroxyl groups is 1. The number of hydrogen-bond acceptors (Lipinski definition) is 16. The van der Waals surface area contributed by atoms with Crippen molar-refractivity contribution < 1.29 is 227 Å². The fourth-order valence-electron chi connectivity index (χ4n) is 2.89. The van der Waals surface area contributed by atoms with Crippen LogP contribution in [0.3, 0.4) is 0 Å². The number of carbonyl (C=O) groups is 3. The summed E-state index contributed by atoms with van der Waals surface area (Å²) in [5.74, 6) is 0.513. The molecule has 24 heteroatoms. The van der Waals surface area contributed by atoms with Gasteiger partial charge in [0.25, 0.3) is 6.47 Å². The van der Waals surface area contributed by atoms with Crippen LogP contribution < -0.4 is 148 Å². The molecule has 2 aromatic carbocycles. The minimum atomic E-state index is -5.80. The van der Waals surface area contributed by atoms with Crippen molar-refractivity contribution in [2.24, 2.45) is 0 Å². The van der Waals surface area contributed by atoms with E-state index in [9.17, 15) is 40.3 Å². The number of phenolic OH excluding ortho intramolecular Hbond substituents is 1. The van der Waals surface area contributed by atoms with Gasteiger partial charge < -0.3 is 39.5 Å². The minimum Gasteiger partial charge on any atom is -1.00 e. The molecule has 0 spiro atoms. The molecular weight excluding hydrogens is 1010 g/mol. The summed E-state index contributed by atoms with van der Waals surface area (Å²) in [6, 6.07) is 13.0. The maximum Gasteiger partial charge on any atom is 1.00 e. The molecule has 0 aliphatic carbocycles. The van der Waals surface area contributed by atoms with Gasteiger partial charge in [-0.05, 0) is 65.8 Å². The molecule has 288 valence electrons. The molecule has 0 fully saturated rings. The Bertz CT molecular complexity index is 1520. The SMILES string of the molecule is CC(=O)c1cccc(O)c1.CCOP(=O)(COS(=O)(=O)C(F)(F)F)OCC.CCOP(=O)(COc1cccc(C(C)=O)c1)OCC.O=CO[O-].[Cs+].[Cs+].[H-]. The van der Waals surface area contributed by atoms with Crippen molar-refractivity contribution in [1.82, 2.24) is 0 Å². The molecule has 2 rings (SSSR count). The van der Waals surface area contributed by atoms with Crippen LogP contribution in [0.1, 0.15) is 63.7 Å². The maximum atomic E-state index is 12.2. The summed E-state index contributed by atoms with van der Waals surface area (Å²) >= 11 is 0. The predicted molar refractivity (Wildman–Crippen MR) is 171 cm³/mol. The van der Waals surface area contributed by atoms with Gasteiger partial charge in [-0.3, -0.25) is 27.7 Å². The van der Waals surface area contributed by atoms with Gasteiger partial charge in [0.15, 0.2) is 24.3 Å². The number of ketones is 2. The molecule has 0 radical (unpaired) electrons. The smallest absolute Gasteiger partial charge is 1.00 e. The zero-order chi connectivity index (χ0) is 39.0. The van der Waals surface area contributed by atoms with Gasteiger partial charge in [0.1, 0.15) is 11.5 Å². The Balaban J connectivity index is -0.000000208. The van der Waals surface area contributed by atoms with E-state index in [2.05, 4.69) is 18.1 Å². The largest absolute Gasteiger partial charge is 1.00 e. The van der Waals surface area contributed by atoms with Gasteiger partial charge in [-0.15, -0.1) is 0 Å². The summed E-state index contributed by atoms with van der Waals surface area (Å²) in [4.78, 5) is 33.2. The molecule has 0 unspecified atom stereocenters. The van der Waals surface area contributed by atoms with Gasteiger partial charge in [0.05, 0.1) is 26.4 Å².